The van der Waals surface area contributed by atoms with Gasteiger partial charge in [0.25, 0.3) is 5.91 Å². The number of halogens is 1. The van der Waals surface area contributed by atoms with Crippen LogP contribution in [0.2, 0.25) is 5.02 Å². The summed E-state index contributed by atoms with van der Waals surface area (Å²) in [4.78, 5) is 23.7. The summed E-state index contributed by atoms with van der Waals surface area (Å²) in [7, 11) is 3.96. The zero-order valence-electron chi connectivity index (χ0n) is 14.3. The van der Waals surface area contributed by atoms with E-state index in [2.05, 4.69) is 9.97 Å². The number of aromatic nitrogens is 2. The molecule has 1 N–H and O–H groups in total. The lowest BCUT2D eigenvalue weighted by molar-refractivity contribution is -0.134. The summed E-state index contributed by atoms with van der Waals surface area (Å²) >= 11 is 5.84. The number of hydrogen-bond donors (Lipinski definition) is 1. The monoisotopic (exact) mass is 350 g/mol. The largest absolute Gasteiger partial charge is 0.484 e. The number of rotatable bonds is 8. The molecule has 1 aromatic heterocycles. The third-order valence-electron chi connectivity index (χ3n) is 3.62. The van der Waals surface area contributed by atoms with Crippen LogP contribution >= 0.6 is 11.6 Å². The number of aryl methyl sites for hydroxylation is 1. The molecule has 7 heteroatoms. The highest BCUT2D eigenvalue weighted by atomic mass is 35.5. The van der Waals surface area contributed by atoms with Crippen LogP contribution in [0.1, 0.15) is 11.4 Å². The maximum atomic E-state index is 12.6. The fraction of sp³-hybridized carbons (Fsp3) is 0.412. The van der Waals surface area contributed by atoms with Crippen LogP contribution in [-0.4, -0.2) is 59.5 Å². The second kappa shape index (κ2) is 8.70. The quantitative estimate of drug-likeness (QED) is 0.793. The van der Waals surface area contributed by atoms with Crippen LogP contribution in [0.25, 0.3) is 0 Å². The number of nitrogens with one attached hydrogen (secondary N) is 1. The first-order valence-corrected chi connectivity index (χ1v) is 8.13. The fourth-order valence-corrected chi connectivity index (χ4v) is 2.23. The number of benzene rings is 1. The molecule has 0 radical (unpaired) electrons. The number of imidazole rings is 1. The first kappa shape index (κ1) is 18.3. The SMILES string of the molecule is Cc1[nH]cnc1CN(CCN(C)C)C(=O)COc1ccc(Cl)cc1. The zero-order chi connectivity index (χ0) is 17.5. The molecule has 0 atom stereocenters. The van der Waals surface area contributed by atoms with E-state index in [0.29, 0.717) is 23.9 Å². The van der Waals surface area contributed by atoms with Gasteiger partial charge < -0.3 is 19.5 Å². The lowest BCUT2D eigenvalue weighted by atomic mass is 10.3. The van der Waals surface area contributed by atoms with E-state index in [4.69, 9.17) is 16.3 Å². The van der Waals surface area contributed by atoms with E-state index in [1.807, 2.05) is 25.9 Å². The van der Waals surface area contributed by atoms with Crippen LogP contribution in [-0.2, 0) is 11.3 Å². The Kier molecular flexibility index (Phi) is 6.63. The molecule has 2 aromatic rings. The van der Waals surface area contributed by atoms with Crippen LogP contribution in [0.3, 0.4) is 0 Å². The van der Waals surface area contributed by atoms with E-state index in [-0.39, 0.29) is 12.5 Å². The molecule has 0 aliphatic rings. The third kappa shape index (κ3) is 5.54. The molecule has 6 nitrogen and oxygen atoms in total. The van der Waals surface area contributed by atoms with Crippen molar-refractivity contribution in [3.05, 3.63) is 47.0 Å². The number of nitrogens with zero attached hydrogens (tertiary/aromatic N) is 3. The molecule has 0 saturated carbocycles. The van der Waals surface area contributed by atoms with E-state index >= 15 is 0 Å². The van der Waals surface area contributed by atoms with Gasteiger partial charge in [0.15, 0.2) is 6.61 Å². The van der Waals surface area contributed by atoms with Gasteiger partial charge in [-0.15, -0.1) is 0 Å². The molecule has 2 rings (SSSR count). The molecule has 0 unspecified atom stereocenters. The summed E-state index contributed by atoms with van der Waals surface area (Å²) in [6, 6.07) is 6.96. The van der Waals surface area contributed by atoms with Crippen molar-refractivity contribution in [1.29, 1.82) is 0 Å². The lowest BCUT2D eigenvalue weighted by Crippen LogP contribution is -2.39. The minimum absolute atomic E-state index is 0.0153. The Bertz CT molecular complexity index is 655. The van der Waals surface area contributed by atoms with Gasteiger partial charge in [-0.25, -0.2) is 4.98 Å². The van der Waals surface area contributed by atoms with Gasteiger partial charge in [-0.3, -0.25) is 4.79 Å². The van der Waals surface area contributed by atoms with Crippen LogP contribution in [0.5, 0.6) is 5.75 Å². The number of likely N-dealkylation sites (N-methyl/N-ethyl adjacent to an activating group) is 1. The molecule has 0 aliphatic carbocycles. The molecule has 0 aliphatic heterocycles. The Morgan fingerprint density at radius 2 is 1.96 bits per heavy atom. The van der Waals surface area contributed by atoms with Gasteiger partial charge in [-0.1, -0.05) is 11.6 Å². The van der Waals surface area contributed by atoms with E-state index in [9.17, 15) is 4.79 Å². The molecule has 0 fully saturated rings. The molecule has 0 saturated heterocycles. The van der Waals surface area contributed by atoms with Crippen molar-refractivity contribution in [2.24, 2.45) is 0 Å². The normalized spacial score (nSPS) is 10.9. The second-order valence-corrected chi connectivity index (χ2v) is 6.27. The predicted molar refractivity (Wildman–Crippen MR) is 94.2 cm³/mol. The van der Waals surface area contributed by atoms with Crippen LogP contribution < -0.4 is 4.74 Å². The van der Waals surface area contributed by atoms with Crippen molar-refractivity contribution >= 4 is 17.5 Å². The summed E-state index contributed by atoms with van der Waals surface area (Å²) in [6.45, 7) is 3.78. The fourth-order valence-electron chi connectivity index (χ4n) is 2.11. The molecule has 130 valence electrons. The van der Waals surface area contributed by atoms with Gasteiger partial charge in [0.1, 0.15) is 5.75 Å². The third-order valence-corrected chi connectivity index (χ3v) is 3.87. The molecular formula is C17H23ClN4O2. The smallest absolute Gasteiger partial charge is 0.260 e. The maximum Gasteiger partial charge on any atom is 0.260 e. The van der Waals surface area contributed by atoms with E-state index in [1.54, 1.807) is 35.5 Å². The maximum absolute atomic E-state index is 12.6. The first-order valence-electron chi connectivity index (χ1n) is 7.75. The molecule has 1 heterocycles. The lowest BCUT2D eigenvalue weighted by Gasteiger charge is -2.24. The second-order valence-electron chi connectivity index (χ2n) is 5.84. The summed E-state index contributed by atoms with van der Waals surface area (Å²) in [5, 5.41) is 0.635. The molecule has 0 bridgehead atoms. The Morgan fingerprint density at radius 1 is 1.25 bits per heavy atom. The average Bonchev–Trinajstić information content (AvgIpc) is 2.95. The molecule has 1 aromatic carbocycles. The summed E-state index contributed by atoms with van der Waals surface area (Å²) in [6.07, 6.45) is 1.64. The Morgan fingerprint density at radius 3 is 2.54 bits per heavy atom. The van der Waals surface area contributed by atoms with Crippen LogP contribution in [0.15, 0.2) is 30.6 Å². The van der Waals surface area contributed by atoms with Crippen LogP contribution in [0.4, 0.5) is 0 Å². The van der Waals surface area contributed by atoms with Crippen molar-refractivity contribution in [3.8, 4) is 5.75 Å². The number of amides is 1. The predicted octanol–water partition coefficient (Wildman–Crippen LogP) is 2.34. The number of aromatic amines is 1. The van der Waals surface area contributed by atoms with Gasteiger partial charge >= 0.3 is 0 Å². The highest BCUT2D eigenvalue weighted by molar-refractivity contribution is 6.30. The topological polar surface area (TPSA) is 61.5 Å². The highest BCUT2D eigenvalue weighted by Crippen LogP contribution is 2.15. The molecule has 0 spiro atoms. The minimum atomic E-state index is -0.0748. The minimum Gasteiger partial charge on any atom is -0.484 e. The number of H-pyrrole nitrogens is 1. The standard InChI is InChI=1S/C17H23ClN4O2/c1-13-16(20-12-19-13)10-22(9-8-21(2)3)17(23)11-24-15-6-4-14(18)5-7-15/h4-7,12H,8-11H2,1-3H3,(H,19,20). The van der Waals surface area contributed by atoms with Gasteiger partial charge in [0.2, 0.25) is 0 Å². The number of ether oxygens (including phenoxy) is 1. The Hall–Kier alpha value is -2.05. The van der Waals surface area contributed by atoms with Gasteiger partial charge in [0.05, 0.1) is 18.6 Å². The Balaban J connectivity index is 1.97. The summed E-state index contributed by atoms with van der Waals surface area (Å²) in [5.74, 6) is 0.547. The molecule has 24 heavy (non-hydrogen) atoms. The van der Waals surface area contributed by atoms with Crippen molar-refractivity contribution in [2.45, 2.75) is 13.5 Å². The molecular weight excluding hydrogens is 328 g/mol. The summed E-state index contributed by atoms with van der Waals surface area (Å²) < 4.78 is 5.57. The van der Waals surface area contributed by atoms with Crippen molar-refractivity contribution in [2.75, 3.05) is 33.8 Å². The van der Waals surface area contributed by atoms with Gasteiger partial charge in [-0.2, -0.15) is 0 Å². The van der Waals surface area contributed by atoms with E-state index < -0.39 is 0 Å². The number of hydrogen-bond acceptors (Lipinski definition) is 4. The first-order chi connectivity index (χ1) is 11.5. The highest BCUT2D eigenvalue weighted by Gasteiger charge is 2.17. The van der Waals surface area contributed by atoms with Gasteiger partial charge in [0, 0.05) is 23.8 Å². The van der Waals surface area contributed by atoms with Crippen molar-refractivity contribution < 1.29 is 9.53 Å². The number of carbonyl (C=O) groups is 1. The number of carbonyl (C=O) groups excluding carboxylic acids is 1. The molecule has 1 amide bonds. The van der Waals surface area contributed by atoms with Crippen molar-refractivity contribution in [3.63, 3.8) is 0 Å². The van der Waals surface area contributed by atoms with Crippen molar-refractivity contribution in [1.82, 2.24) is 19.8 Å². The van der Waals surface area contributed by atoms with Crippen LogP contribution in [0, 0.1) is 6.92 Å². The Labute approximate surface area is 147 Å². The summed E-state index contributed by atoms with van der Waals surface area (Å²) in [5.41, 5.74) is 1.84. The average molecular weight is 351 g/mol. The van der Waals surface area contributed by atoms with Gasteiger partial charge in [-0.05, 0) is 45.3 Å². The van der Waals surface area contributed by atoms with E-state index in [1.165, 1.54) is 0 Å². The zero-order valence-corrected chi connectivity index (χ0v) is 15.0. The van der Waals surface area contributed by atoms with E-state index in [0.717, 1.165) is 17.9 Å².